The highest BCUT2D eigenvalue weighted by atomic mass is 16.5. The number of hydrogen-bond donors (Lipinski definition) is 1. The van der Waals surface area contributed by atoms with Crippen LogP contribution in [0, 0.1) is 0 Å². The smallest absolute Gasteiger partial charge is 0.310 e. The molecule has 2 amide bonds. The van der Waals surface area contributed by atoms with Crippen molar-refractivity contribution in [2.45, 2.75) is 19.8 Å². The van der Waals surface area contributed by atoms with Crippen LogP contribution in [-0.4, -0.2) is 41.7 Å². The fourth-order valence-electron chi connectivity index (χ4n) is 2.81. The SMILES string of the molecule is CC(=O)Nc1ccc(CC(=O)OCC(=O)N2CCC(c3ccccc3)=N2)cc1. The number of hydrazone groups is 1. The lowest BCUT2D eigenvalue weighted by Gasteiger charge is -2.11. The van der Waals surface area contributed by atoms with Gasteiger partial charge < -0.3 is 10.1 Å². The van der Waals surface area contributed by atoms with E-state index in [1.54, 1.807) is 24.3 Å². The molecule has 1 aliphatic heterocycles. The lowest BCUT2D eigenvalue weighted by molar-refractivity contribution is -0.151. The minimum atomic E-state index is -0.493. The normalized spacial score (nSPS) is 13.0. The van der Waals surface area contributed by atoms with Gasteiger partial charge in [0.1, 0.15) is 0 Å². The van der Waals surface area contributed by atoms with E-state index in [0.29, 0.717) is 18.7 Å². The van der Waals surface area contributed by atoms with Crippen molar-refractivity contribution in [3.8, 4) is 0 Å². The Morgan fingerprint density at radius 2 is 1.79 bits per heavy atom. The van der Waals surface area contributed by atoms with Crippen molar-refractivity contribution >= 4 is 29.2 Å². The molecular weight excluding hydrogens is 358 g/mol. The number of anilines is 1. The molecule has 0 atom stereocenters. The number of nitrogens with one attached hydrogen (secondary N) is 1. The van der Waals surface area contributed by atoms with E-state index in [0.717, 1.165) is 16.8 Å². The summed E-state index contributed by atoms with van der Waals surface area (Å²) in [5.74, 6) is -1.00. The number of esters is 1. The number of carbonyl (C=O) groups excluding carboxylic acids is 3. The molecule has 7 nitrogen and oxygen atoms in total. The third kappa shape index (κ3) is 5.26. The summed E-state index contributed by atoms with van der Waals surface area (Å²) < 4.78 is 5.09. The van der Waals surface area contributed by atoms with Crippen molar-refractivity contribution < 1.29 is 19.1 Å². The summed E-state index contributed by atoms with van der Waals surface area (Å²) in [6.07, 6.45) is 0.719. The fraction of sp³-hybridized carbons (Fsp3) is 0.238. The second-order valence-corrected chi connectivity index (χ2v) is 6.40. The van der Waals surface area contributed by atoms with Gasteiger partial charge in [-0.3, -0.25) is 14.4 Å². The Balaban J connectivity index is 1.47. The first-order valence-corrected chi connectivity index (χ1v) is 8.96. The molecule has 0 unspecified atom stereocenters. The van der Waals surface area contributed by atoms with Crippen LogP contribution in [0.3, 0.4) is 0 Å². The van der Waals surface area contributed by atoms with Gasteiger partial charge in [-0.15, -0.1) is 0 Å². The Morgan fingerprint density at radius 1 is 1.07 bits per heavy atom. The summed E-state index contributed by atoms with van der Waals surface area (Å²) in [5.41, 5.74) is 3.22. The van der Waals surface area contributed by atoms with Gasteiger partial charge in [0.25, 0.3) is 5.91 Å². The average molecular weight is 379 g/mol. The van der Waals surface area contributed by atoms with Gasteiger partial charge in [0, 0.05) is 19.0 Å². The summed E-state index contributed by atoms with van der Waals surface area (Å²) in [6.45, 7) is 1.56. The Bertz CT molecular complexity index is 892. The molecule has 2 aromatic rings. The maximum absolute atomic E-state index is 12.2. The van der Waals surface area contributed by atoms with Crippen LogP contribution in [0.1, 0.15) is 24.5 Å². The fourth-order valence-corrected chi connectivity index (χ4v) is 2.81. The van der Waals surface area contributed by atoms with Crippen LogP contribution in [0.25, 0.3) is 0 Å². The molecule has 0 saturated heterocycles. The minimum absolute atomic E-state index is 0.0478. The van der Waals surface area contributed by atoms with Crippen molar-refractivity contribution in [1.29, 1.82) is 0 Å². The number of carbonyl (C=O) groups is 3. The molecule has 0 saturated carbocycles. The molecule has 2 aromatic carbocycles. The molecular formula is C21H21N3O4. The van der Waals surface area contributed by atoms with E-state index < -0.39 is 5.97 Å². The quantitative estimate of drug-likeness (QED) is 0.781. The molecule has 0 radical (unpaired) electrons. The lowest BCUT2D eigenvalue weighted by atomic mass is 10.1. The summed E-state index contributed by atoms with van der Waals surface area (Å²) >= 11 is 0. The number of nitrogens with zero attached hydrogens (tertiary/aromatic N) is 2. The summed E-state index contributed by atoms with van der Waals surface area (Å²) in [6, 6.07) is 16.5. The second-order valence-electron chi connectivity index (χ2n) is 6.40. The third-order valence-electron chi connectivity index (χ3n) is 4.18. The van der Waals surface area contributed by atoms with Gasteiger partial charge in [-0.1, -0.05) is 42.5 Å². The standard InChI is InChI=1S/C21H21N3O4/c1-15(25)22-18-9-7-16(8-10-18)13-21(27)28-14-20(26)24-12-11-19(23-24)17-5-3-2-4-6-17/h2-10H,11-14H2,1H3,(H,22,25). The summed E-state index contributed by atoms with van der Waals surface area (Å²) in [7, 11) is 0. The van der Waals surface area contributed by atoms with Crippen molar-refractivity contribution in [2.75, 3.05) is 18.5 Å². The van der Waals surface area contributed by atoms with Crippen LogP contribution in [0.5, 0.6) is 0 Å². The Morgan fingerprint density at radius 3 is 2.46 bits per heavy atom. The van der Waals surface area contributed by atoms with E-state index in [9.17, 15) is 14.4 Å². The van der Waals surface area contributed by atoms with E-state index >= 15 is 0 Å². The predicted molar refractivity (Wildman–Crippen MR) is 105 cm³/mol. The number of amides is 2. The molecule has 0 fully saturated rings. The first-order valence-electron chi connectivity index (χ1n) is 8.96. The summed E-state index contributed by atoms with van der Waals surface area (Å²) in [4.78, 5) is 35.2. The van der Waals surface area contributed by atoms with Gasteiger partial charge in [-0.05, 0) is 23.3 Å². The number of benzene rings is 2. The average Bonchev–Trinajstić information content (AvgIpc) is 3.18. The van der Waals surface area contributed by atoms with Gasteiger partial charge in [-0.25, -0.2) is 5.01 Å². The van der Waals surface area contributed by atoms with Gasteiger partial charge >= 0.3 is 5.97 Å². The van der Waals surface area contributed by atoms with E-state index in [4.69, 9.17) is 4.74 Å². The molecule has 1 N–H and O–H groups in total. The van der Waals surface area contributed by atoms with Crippen LogP contribution in [0.2, 0.25) is 0 Å². The van der Waals surface area contributed by atoms with Gasteiger partial charge in [-0.2, -0.15) is 5.10 Å². The highest BCUT2D eigenvalue weighted by Gasteiger charge is 2.22. The van der Waals surface area contributed by atoms with Gasteiger partial charge in [0.15, 0.2) is 6.61 Å². The lowest BCUT2D eigenvalue weighted by Crippen LogP contribution is -2.29. The molecule has 0 bridgehead atoms. The minimum Gasteiger partial charge on any atom is -0.455 e. The molecule has 144 valence electrons. The van der Waals surface area contributed by atoms with Gasteiger partial charge in [0.05, 0.1) is 18.7 Å². The topological polar surface area (TPSA) is 88.1 Å². The highest BCUT2D eigenvalue weighted by molar-refractivity contribution is 6.02. The van der Waals surface area contributed by atoms with E-state index in [1.165, 1.54) is 11.9 Å². The van der Waals surface area contributed by atoms with Crippen LogP contribution in [0.4, 0.5) is 5.69 Å². The predicted octanol–water partition coefficient (Wildman–Crippen LogP) is 2.37. The molecule has 7 heteroatoms. The summed E-state index contributed by atoms with van der Waals surface area (Å²) in [5, 5.41) is 8.33. The van der Waals surface area contributed by atoms with E-state index in [1.807, 2.05) is 30.3 Å². The largest absolute Gasteiger partial charge is 0.455 e. The Kier molecular flexibility index (Phi) is 6.16. The molecule has 0 aliphatic carbocycles. The van der Waals surface area contributed by atoms with Crippen molar-refractivity contribution in [3.63, 3.8) is 0 Å². The number of hydrogen-bond acceptors (Lipinski definition) is 5. The molecule has 1 heterocycles. The number of ether oxygens (including phenoxy) is 1. The number of rotatable bonds is 6. The van der Waals surface area contributed by atoms with Crippen LogP contribution in [0.15, 0.2) is 59.7 Å². The van der Waals surface area contributed by atoms with Crippen LogP contribution >= 0.6 is 0 Å². The van der Waals surface area contributed by atoms with Crippen LogP contribution in [-0.2, 0) is 25.5 Å². The molecule has 28 heavy (non-hydrogen) atoms. The molecule has 0 aromatic heterocycles. The van der Waals surface area contributed by atoms with Crippen molar-refractivity contribution in [2.24, 2.45) is 5.10 Å². The first kappa shape index (κ1) is 19.3. The maximum atomic E-state index is 12.2. The zero-order chi connectivity index (χ0) is 19.9. The third-order valence-corrected chi connectivity index (χ3v) is 4.18. The maximum Gasteiger partial charge on any atom is 0.310 e. The van der Waals surface area contributed by atoms with Crippen molar-refractivity contribution in [1.82, 2.24) is 5.01 Å². The van der Waals surface area contributed by atoms with E-state index in [2.05, 4.69) is 10.4 Å². The molecule has 1 aliphatic rings. The molecule has 0 spiro atoms. The van der Waals surface area contributed by atoms with Gasteiger partial charge in [0.2, 0.25) is 5.91 Å². The van der Waals surface area contributed by atoms with Crippen LogP contribution < -0.4 is 5.32 Å². The zero-order valence-corrected chi connectivity index (χ0v) is 15.6. The first-order chi connectivity index (χ1) is 13.5. The monoisotopic (exact) mass is 379 g/mol. The zero-order valence-electron chi connectivity index (χ0n) is 15.6. The second kappa shape index (κ2) is 8.94. The highest BCUT2D eigenvalue weighted by Crippen LogP contribution is 2.14. The molecule has 3 rings (SSSR count). The Hall–Kier alpha value is -3.48. The van der Waals surface area contributed by atoms with Crippen molar-refractivity contribution in [3.05, 3.63) is 65.7 Å². The van der Waals surface area contributed by atoms with E-state index in [-0.39, 0.29) is 24.8 Å². The Labute approximate surface area is 163 Å².